The van der Waals surface area contributed by atoms with Crippen molar-refractivity contribution in [3.63, 3.8) is 0 Å². The number of sulfonamides is 1. The first-order valence-electron chi connectivity index (χ1n) is 9.30. The van der Waals surface area contributed by atoms with E-state index in [1.165, 1.54) is 16.5 Å². The lowest BCUT2D eigenvalue weighted by Gasteiger charge is -2.39. The molecule has 1 saturated heterocycles. The lowest BCUT2D eigenvalue weighted by Crippen LogP contribution is -2.50. The molecule has 0 radical (unpaired) electrons. The van der Waals surface area contributed by atoms with E-state index in [4.69, 9.17) is 4.74 Å². The zero-order chi connectivity index (χ0) is 20.6. The summed E-state index contributed by atoms with van der Waals surface area (Å²) >= 11 is 0. The van der Waals surface area contributed by atoms with Crippen LogP contribution in [-0.2, 0) is 21.4 Å². The third-order valence-electron chi connectivity index (χ3n) is 5.31. The minimum absolute atomic E-state index is 0.0507. The Hall–Kier alpha value is -3.07. The quantitative estimate of drug-likeness (QED) is 0.716. The van der Waals surface area contributed by atoms with E-state index in [0.29, 0.717) is 12.8 Å². The summed E-state index contributed by atoms with van der Waals surface area (Å²) in [5.41, 5.74) is 8.09. The molecule has 0 unspecified atom stereocenters. The molecule has 8 heteroatoms. The van der Waals surface area contributed by atoms with Gasteiger partial charge in [0.2, 0.25) is 0 Å². The number of amides is 1. The first-order valence-corrected chi connectivity index (χ1v) is 10.7. The molecule has 0 spiro atoms. The Morgan fingerprint density at radius 2 is 2.03 bits per heavy atom. The van der Waals surface area contributed by atoms with Gasteiger partial charge in [-0.25, -0.2) is 13.2 Å². The molecule has 1 aromatic rings. The smallest absolute Gasteiger partial charge is 0.414 e. The number of carbonyl (C=O) groups excluding carboxylic acids is 1. The maximum atomic E-state index is 13.0. The number of cyclic esters (lactones) is 1. The zero-order valence-corrected chi connectivity index (χ0v) is 16.7. The van der Waals surface area contributed by atoms with Crippen LogP contribution in [0, 0.1) is 18.3 Å². The second-order valence-electron chi connectivity index (χ2n) is 7.15. The van der Waals surface area contributed by atoms with Crippen LogP contribution < -0.4 is 4.90 Å². The number of ether oxygens (including phenoxy) is 1. The summed E-state index contributed by atoms with van der Waals surface area (Å²) in [5, 5.41) is 9.21. The van der Waals surface area contributed by atoms with Crippen LogP contribution >= 0.6 is 0 Å². The molecule has 0 saturated carbocycles. The minimum atomic E-state index is -3.85. The highest BCUT2D eigenvalue weighted by Crippen LogP contribution is 2.34. The lowest BCUT2D eigenvalue weighted by molar-refractivity contribution is 0.136. The van der Waals surface area contributed by atoms with Crippen molar-refractivity contribution in [3.8, 4) is 6.07 Å². The fraction of sp³-hybridized carbons (Fsp3) is 0.333. The zero-order valence-electron chi connectivity index (χ0n) is 15.9. The van der Waals surface area contributed by atoms with Gasteiger partial charge in [0.25, 0.3) is 10.0 Å². The molecule has 1 amide bonds. The largest absolute Gasteiger partial charge is 0.444 e. The normalized spacial score (nSPS) is 19.9. The molecule has 1 aromatic carbocycles. The number of aryl methyl sites for hydroxylation is 1. The SMILES string of the molecule is Cc1ccc2c(c1)COC(=O)N2C1CCN(S(=O)(=O)C2=C=C=CC=C2C#N)CC1. The Morgan fingerprint density at radius 1 is 1.28 bits per heavy atom. The highest BCUT2D eigenvalue weighted by molar-refractivity contribution is 7.93. The number of piperidine rings is 1. The van der Waals surface area contributed by atoms with Crippen LogP contribution in [0.1, 0.15) is 24.0 Å². The Labute approximate surface area is 169 Å². The number of allylic oxidation sites excluding steroid dienone is 3. The number of fused-ring (bicyclic) bond motifs is 1. The Kier molecular flexibility index (Phi) is 4.91. The second kappa shape index (κ2) is 7.40. The molecule has 3 aliphatic rings. The van der Waals surface area contributed by atoms with Crippen LogP contribution in [0.5, 0.6) is 0 Å². The maximum absolute atomic E-state index is 13.0. The Morgan fingerprint density at radius 3 is 2.76 bits per heavy atom. The van der Waals surface area contributed by atoms with E-state index in [-0.39, 0.29) is 36.2 Å². The number of nitrogens with zero attached hydrogens (tertiary/aromatic N) is 3. The summed E-state index contributed by atoms with van der Waals surface area (Å²) in [7, 11) is -3.85. The van der Waals surface area contributed by atoms with Crippen molar-refractivity contribution < 1.29 is 17.9 Å². The van der Waals surface area contributed by atoms with Gasteiger partial charge < -0.3 is 4.74 Å². The molecule has 0 atom stereocenters. The Bertz CT molecular complexity index is 1150. The third-order valence-corrected chi connectivity index (χ3v) is 7.20. The first kappa shape index (κ1) is 19.3. The summed E-state index contributed by atoms with van der Waals surface area (Å²) in [6.45, 7) is 2.71. The standard InChI is InChI=1S/C21H19N3O4S/c1-15-6-7-19-17(12-15)14-28-21(25)24(19)18-8-10-23(11-9-18)29(26,27)20-5-3-2-4-16(20)13-22/h2,4,6-7,12,18H,8-11,14H2,1H3. The monoisotopic (exact) mass is 409 g/mol. The van der Waals surface area contributed by atoms with Crippen molar-refractivity contribution in [1.29, 1.82) is 5.26 Å². The van der Waals surface area contributed by atoms with E-state index in [1.807, 2.05) is 31.2 Å². The molecule has 148 valence electrons. The molecule has 0 aromatic heterocycles. The van der Waals surface area contributed by atoms with Crippen LogP contribution in [0.25, 0.3) is 0 Å². The molecule has 1 aliphatic carbocycles. The van der Waals surface area contributed by atoms with Crippen molar-refractivity contribution in [2.45, 2.75) is 32.4 Å². The van der Waals surface area contributed by atoms with E-state index >= 15 is 0 Å². The van der Waals surface area contributed by atoms with Crippen LogP contribution in [-0.4, -0.2) is 37.9 Å². The van der Waals surface area contributed by atoms with Gasteiger partial charge in [-0.3, -0.25) is 4.90 Å². The highest BCUT2D eigenvalue weighted by atomic mass is 32.2. The van der Waals surface area contributed by atoms with Gasteiger partial charge in [-0.05, 0) is 43.7 Å². The van der Waals surface area contributed by atoms with Gasteiger partial charge in [-0.1, -0.05) is 23.4 Å². The summed E-state index contributed by atoms with van der Waals surface area (Å²) in [5.74, 6) is 0. The molecule has 0 N–H and O–H groups in total. The van der Waals surface area contributed by atoms with Crippen molar-refractivity contribution in [1.82, 2.24) is 4.31 Å². The van der Waals surface area contributed by atoms with Gasteiger partial charge in [0.05, 0.1) is 11.3 Å². The average Bonchev–Trinajstić information content (AvgIpc) is 2.74. The van der Waals surface area contributed by atoms with Crippen LogP contribution in [0.3, 0.4) is 0 Å². The van der Waals surface area contributed by atoms with E-state index in [0.717, 1.165) is 16.8 Å². The predicted molar refractivity (Wildman–Crippen MR) is 106 cm³/mol. The summed E-state index contributed by atoms with van der Waals surface area (Å²) < 4.78 is 32.6. The molecule has 4 rings (SSSR count). The topological polar surface area (TPSA) is 90.7 Å². The van der Waals surface area contributed by atoms with Gasteiger partial charge in [0, 0.05) is 24.7 Å². The molecule has 2 aliphatic heterocycles. The van der Waals surface area contributed by atoms with E-state index in [1.54, 1.807) is 4.90 Å². The van der Waals surface area contributed by atoms with Gasteiger partial charge in [-0.2, -0.15) is 9.57 Å². The van der Waals surface area contributed by atoms with Gasteiger partial charge in [0.1, 0.15) is 12.7 Å². The third kappa shape index (κ3) is 3.42. The molecular formula is C21H19N3O4S. The number of anilines is 1. The van der Waals surface area contributed by atoms with Crippen LogP contribution in [0.4, 0.5) is 10.5 Å². The van der Waals surface area contributed by atoms with Crippen molar-refractivity contribution >= 4 is 21.8 Å². The van der Waals surface area contributed by atoms with E-state index in [2.05, 4.69) is 11.5 Å². The number of benzene rings is 1. The van der Waals surface area contributed by atoms with Gasteiger partial charge >= 0.3 is 6.09 Å². The maximum Gasteiger partial charge on any atom is 0.414 e. The summed E-state index contributed by atoms with van der Waals surface area (Å²) in [6, 6.07) is 7.61. The molecule has 1 fully saturated rings. The van der Waals surface area contributed by atoms with E-state index < -0.39 is 16.1 Å². The molecule has 0 bridgehead atoms. The molecule has 2 heterocycles. The lowest BCUT2D eigenvalue weighted by atomic mass is 10.0. The number of hydrogen-bond acceptors (Lipinski definition) is 5. The number of nitriles is 1. The number of rotatable bonds is 3. The first-order chi connectivity index (χ1) is 13.9. The number of carbonyl (C=O) groups is 1. The second-order valence-corrected chi connectivity index (χ2v) is 9.02. The molecular weight excluding hydrogens is 390 g/mol. The average molecular weight is 409 g/mol. The van der Waals surface area contributed by atoms with Gasteiger partial charge in [0.15, 0.2) is 4.91 Å². The molecule has 29 heavy (non-hydrogen) atoms. The van der Waals surface area contributed by atoms with Gasteiger partial charge in [-0.15, -0.1) is 0 Å². The van der Waals surface area contributed by atoms with Crippen molar-refractivity contribution in [2.24, 2.45) is 0 Å². The number of hydrogen-bond donors (Lipinski definition) is 0. The highest BCUT2D eigenvalue weighted by Gasteiger charge is 2.38. The predicted octanol–water partition coefficient (Wildman–Crippen LogP) is 2.90. The minimum Gasteiger partial charge on any atom is -0.444 e. The fourth-order valence-corrected chi connectivity index (χ4v) is 5.38. The van der Waals surface area contributed by atoms with Crippen LogP contribution in [0.15, 0.2) is 52.3 Å². The fourth-order valence-electron chi connectivity index (χ4n) is 3.85. The summed E-state index contributed by atoms with van der Waals surface area (Å²) in [4.78, 5) is 13.9. The van der Waals surface area contributed by atoms with Crippen molar-refractivity contribution in [2.75, 3.05) is 18.0 Å². The Balaban J connectivity index is 1.54. The van der Waals surface area contributed by atoms with Crippen LogP contribution in [0.2, 0.25) is 0 Å². The summed E-state index contributed by atoms with van der Waals surface area (Å²) in [6.07, 6.45) is 3.42. The van der Waals surface area contributed by atoms with Crippen molar-refractivity contribution in [3.05, 3.63) is 63.4 Å². The van der Waals surface area contributed by atoms with E-state index in [9.17, 15) is 18.5 Å². The molecule has 7 nitrogen and oxygen atoms in total.